The highest BCUT2D eigenvalue weighted by molar-refractivity contribution is 5.78. The number of β-amino-alcohol motifs (C(OH)–C–C–N with tert-alkyl or cyclic N) is 1. The average Bonchev–Trinajstić information content (AvgIpc) is 2.78. The Hall–Kier alpha value is -2.41. The standard InChI is InChI=1S/C25H35N3O3/c1-20(2)16-26-25(30)18-28-14-12-27(13-15-28)17-23(29)19-31-24-10-8-22(9-11-24)21-6-4-3-5-7-21/h3-11,20,23,29H,12-19H2,1-2H3,(H,26,30). The second-order valence-electron chi connectivity index (χ2n) is 8.63. The van der Waals surface area contributed by atoms with E-state index in [1.54, 1.807) is 0 Å². The molecule has 2 aromatic rings. The van der Waals surface area contributed by atoms with Crippen LogP contribution in [0.3, 0.4) is 0 Å². The third-order valence-electron chi connectivity index (χ3n) is 5.41. The lowest BCUT2D eigenvalue weighted by Gasteiger charge is -2.35. The van der Waals surface area contributed by atoms with E-state index in [9.17, 15) is 9.90 Å². The number of benzene rings is 2. The van der Waals surface area contributed by atoms with E-state index in [4.69, 9.17) is 4.74 Å². The number of ether oxygens (including phenoxy) is 1. The maximum Gasteiger partial charge on any atom is 0.234 e. The van der Waals surface area contributed by atoms with Crippen molar-refractivity contribution in [2.75, 3.05) is 52.4 Å². The lowest BCUT2D eigenvalue weighted by molar-refractivity contribution is -0.122. The molecule has 3 rings (SSSR count). The SMILES string of the molecule is CC(C)CNC(=O)CN1CCN(CC(O)COc2ccc(-c3ccccc3)cc2)CC1. The van der Waals surface area contributed by atoms with Crippen LogP contribution in [0, 0.1) is 5.92 Å². The third-order valence-corrected chi connectivity index (χ3v) is 5.41. The molecule has 0 aliphatic carbocycles. The molecule has 1 atom stereocenters. The summed E-state index contributed by atoms with van der Waals surface area (Å²) in [5.74, 6) is 1.32. The zero-order valence-corrected chi connectivity index (χ0v) is 18.7. The summed E-state index contributed by atoms with van der Waals surface area (Å²) in [5, 5.41) is 13.4. The first kappa shape index (κ1) is 23.3. The van der Waals surface area contributed by atoms with Crippen molar-refractivity contribution in [3.63, 3.8) is 0 Å². The quantitative estimate of drug-likeness (QED) is 0.612. The Labute approximate surface area is 185 Å². The van der Waals surface area contributed by atoms with E-state index in [1.807, 2.05) is 42.5 Å². The Bertz CT molecular complexity index is 787. The lowest BCUT2D eigenvalue weighted by Crippen LogP contribution is -2.51. The van der Waals surface area contributed by atoms with Crippen molar-refractivity contribution in [1.29, 1.82) is 0 Å². The molecule has 1 unspecified atom stereocenters. The Morgan fingerprint density at radius 3 is 2.23 bits per heavy atom. The molecule has 2 aromatic carbocycles. The van der Waals surface area contributed by atoms with Gasteiger partial charge in [0.1, 0.15) is 18.5 Å². The number of nitrogens with zero attached hydrogens (tertiary/aromatic N) is 2. The number of aliphatic hydroxyl groups is 1. The molecule has 6 heteroatoms. The Balaban J connectivity index is 1.34. The summed E-state index contributed by atoms with van der Waals surface area (Å²) in [6.07, 6.45) is -0.547. The van der Waals surface area contributed by atoms with Crippen molar-refractivity contribution >= 4 is 5.91 Å². The van der Waals surface area contributed by atoms with Crippen molar-refractivity contribution in [2.24, 2.45) is 5.92 Å². The summed E-state index contributed by atoms with van der Waals surface area (Å²) in [5.41, 5.74) is 2.31. The first-order chi connectivity index (χ1) is 15.0. The molecule has 6 nitrogen and oxygen atoms in total. The van der Waals surface area contributed by atoms with Crippen LogP contribution in [0.2, 0.25) is 0 Å². The van der Waals surface area contributed by atoms with E-state index >= 15 is 0 Å². The minimum Gasteiger partial charge on any atom is -0.491 e. The van der Waals surface area contributed by atoms with Crippen LogP contribution in [-0.2, 0) is 4.79 Å². The third kappa shape index (κ3) is 7.98. The van der Waals surface area contributed by atoms with E-state index in [-0.39, 0.29) is 12.5 Å². The van der Waals surface area contributed by atoms with Crippen molar-refractivity contribution in [3.05, 3.63) is 54.6 Å². The predicted octanol–water partition coefficient (Wildman–Crippen LogP) is 2.48. The van der Waals surface area contributed by atoms with Crippen LogP contribution in [0.25, 0.3) is 11.1 Å². The number of carbonyl (C=O) groups excluding carboxylic acids is 1. The number of hydrogen-bond acceptors (Lipinski definition) is 5. The van der Waals surface area contributed by atoms with Crippen molar-refractivity contribution in [3.8, 4) is 16.9 Å². The van der Waals surface area contributed by atoms with Gasteiger partial charge in [-0.3, -0.25) is 14.6 Å². The Morgan fingerprint density at radius 2 is 1.58 bits per heavy atom. The van der Waals surface area contributed by atoms with E-state index in [1.165, 1.54) is 5.56 Å². The van der Waals surface area contributed by atoms with Crippen molar-refractivity contribution in [2.45, 2.75) is 20.0 Å². The van der Waals surface area contributed by atoms with E-state index in [2.05, 4.69) is 41.1 Å². The van der Waals surface area contributed by atoms with Gasteiger partial charge in [-0.05, 0) is 29.2 Å². The summed E-state index contributed by atoms with van der Waals surface area (Å²) in [7, 11) is 0. The van der Waals surface area contributed by atoms with Gasteiger partial charge in [0.05, 0.1) is 6.54 Å². The molecule has 1 heterocycles. The molecular weight excluding hydrogens is 390 g/mol. The molecule has 1 aliphatic rings. The molecule has 0 spiro atoms. The highest BCUT2D eigenvalue weighted by atomic mass is 16.5. The summed E-state index contributed by atoms with van der Waals surface area (Å²) < 4.78 is 5.78. The Morgan fingerprint density at radius 1 is 0.968 bits per heavy atom. The zero-order chi connectivity index (χ0) is 22.1. The van der Waals surface area contributed by atoms with Crippen LogP contribution >= 0.6 is 0 Å². The largest absolute Gasteiger partial charge is 0.491 e. The molecular formula is C25H35N3O3. The van der Waals surface area contributed by atoms with Crippen LogP contribution in [0.5, 0.6) is 5.75 Å². The van der Waals surface area contributed by atoms with Crippen molar-refractivity contribution in [1.82, 2.24) is 15.1 Å². The van der Waals surface area contributed by atoms with Gasteiger partial charge in [-0.2, -0.15) is 0 Å². The fraction of sp³-hybridized carbons (Fsp3) is 0.480. The molecule has 168 valence electrons. The van der Waals surface area contributed by atoms with E-state index < -0.39 is 6.10 Å². The number of carbonyl (C=O) groups is 1. The van der Waals surface area contributed by atoms with E-state index in [0.717, 1.165) is 44.0 Å². The summed E-state index contributed by atoms with van der Waals surface area (Å²) in [6, 6.07) is 18.2. The maximum atomic E-state index is 12.0. The van der Waals surface area contributed by atoms with Gasteiger partial charge in [0.2, 0.25) is 5.91 Å². The van der Waals surface area contributed by atoms with Gasteiger partial charge in [-0.1, -0.05) is 56.3 Å². The number of hydrogen-bond donors (Lipinski definition) is 2. The van der Waals surface area contributed by atoms with Gasteiger partial charge in [0, 0.05) is 39.3 Å². The van der Waals surface area contributed by atoms with Crippen LogP contribution < -0.4 is 10.1 Å². The van der Waals surface area contributed by atoms with Crippen molar-refractivity contribution < 1.29 is 14.6 Å². The van der Waals surface area contributed by atoms with Gasteiger partial charge in [0.15, 0.2) is 0 Å². The highest BCUT2D eigenvalue weighted by Gasteiger charge is 2.21. The molecule has 0 saturated carbocycles. The molecule has 1 fully saturated rings. The van der Waals surface area contributed by atoms with Crippen LogP contribution in [0.15, 0.2) is 54.6 Å². The fourth-order valence-corrected chi connectivity index (χ4v) is 3.62. The fourth-order valence-electron chi connectivity index (χ4n) is 3.62. The number of piperazine rings is 1. The Kier molecular flexibility index (Phi) is 8.88. The van der Waals surface area contributed by atoms with Gasteiger partial charge in [0.25, 0.3) is 0 Å². The topological polar surface area (TPSA) is 65.0 Å². The minimum absolute atomic E-state index is 0.0915. The second-order valence-corrected chi connectivity index (χ2v) is 8.63. The highest BCUT2D eigenvalue weighted by Crippen LogP contribution is 2.22. The summed E-state index contributed by atoms with van der Waals surface area (Å²) in [6.45, 7) is 9.57. The first-order valence-electron chi connectivity index (χ1n) is 11.2. The van der Waals surface area contributed by atoms with E-state index in [0.29, 0.717) is 19.0 Å². The molecule has 1 amide bonds. The molecule has 0 radical (unpaired) electrons. The molecule has 0 bridgehead atoms. The van der Waals surface area contributed by atoms with Gasteiger partial charge in [-0.15, -0.1) is 0 Å². The second kappa shape index (κ2) is 11.8. The van der Waals surface area contributed by atoms with Gasteiger partial charge < -0.3 is 15.2 Å². The monoisotopic (exact) mass is 425 g/mol. The maximum absolute atomic E-state index is 12.0. The number of aliphatic hydroxyl groups excluding tert-OH is 1. The average molecular weight is 426 g/mol. The van der Waals surface area contributed by atoms with Gasteiger partial charge >= 0.3 is 0 Å². The normalized spacial score (nSPS) is 16.3. The minimum atomic E-state index is -0.547. The molecule has 31 heavy (non-hydrogen) atoms. The number of amides is 1. The summed E-state index contributed by atoms with van der Waals surface area (Å²) >= 11 is 0. The predicted molar refractivity (Wildman–Crippen MR) is 124 cm³/mol. The van der Waals surface area contributed by atoms with Crippen LogP contribution in [0.4, 0.5) is 0 Å². The van der Waals surface area contributed by atoms with Crippen LogP contribution in [0.1, 0.15) is 13.8 Å². The van der Waals surface area contributed by atoms with Crippen LogP contribution in [-0.4, -0.2) is 79.3 Å². The number of nitrogens with one attached hydrogen (secondary N) is 1. The molecule has 2 N–H and O–H groups in total. The first-order valence-corrected chi connectivity index (χ1v) is 11.2. The lowest BCUT2D eigenvalue weighted by atomic mass is 10.1. The number of rotatable bonds is 10. The molecule has 1 aliphatic heterocycles. The molecule has 1 saturated heterocycles. The smallest absolute Gasteiger partial charge is 0.234 e. The summed E-state index contributed by atoms with van der Waals surface area (Å²) in [4.78, 5) is 16.4. The molecule has 0 aromatic heterocycles. The van der Waals surface area contributed by atoms with Gasteiger partial charge in [-0.25, -0.2) is 0 Å². The zero-order valence-electron chi connectivity index (χ0n) is 18.7.